The number of hydrazine groups is 1. The summed E-state index contributed by atoms with van der Waals surface area (Å²) >= 11 is 0. The van der Waals surface area contributed by atoms with E-state index in [1.54, 1.807) is 12.1 Å². The molecule has 1 aromatic carbocycles. The van der Waals surface area contributed by atoms with Crippen LogP contribution in [0.3, 0.4) is 0 Å². The molecular formula is C19H23N3O4S. The van der Waals surface area contributed by atoms with Crippen molar-refractivity contribution < 1.29 is 18.0 Å². The van der Waals surface area contributed by atoms with Crippen LogP contribution in [0.5, 0.6) is 0 Å². The first-order chi connectivity index (χ1) is 12.7. The van der Waals surface area contributed by atoms with Crippen molar-refractivity contribution in [1.82, 2.24) is 15.4 Å². The Morgan fingerprint density at radius 2 is 1.67 bits per heavy atom. The number of carbonyl (C=O) groups excluding carboxylic acids is 2. The number of carbonyl (C=O) groups is 2. The van der Waals surface area contributed by atoms with Crippen LogP contribution in [-0.2, 0) is 14.6 Å². The zero-order valence-electron chi connectivity index (χ0n) is 15.4. The van der Waals surface area contributed by atoms with Crippen molar-refractivity contribution in [1.29, 1.82) is 0 Å². The molecule has 8 heteroatoms. The summed E-state index contributed by atoms with van der Waals surface area (Å²) in [6.45, 7) is 4.03. The van der Waals surface area contributed by atoms with Crippen molar-refractivity contribution in [3.05, 3.63) is 53.3 Å². The van der Waals surface area contributed by atoms with Crippen molar-refractivity contribution in [2.45, 2.75) is 26.7 Å². The van der Waals surface area contributed by atoms with E-state index in [1.807, 2.05) is 38.1 Å². The average molecular weight is 389 g/mol. The van der Waals surface area contributed by atoms with E-state index in [4.69, 9.17) is 0 Å². The first kappa shape index (κ1) is 19.2. The number of rotatable bonds is 4. The largest absolute Gasteiger partial charge is 0.319 e. The van der Waals surface area contributed by atoms with E-state index in [1.165, 1.54) is 0 Å². The molecule has 3 rings (SSSR count). The predicted octanol–water partition coefficient (Wildman–Crippen LogP) is 1.68. The lowest BCUT2D eigenvalue weighted by atomic mass is 10.1. The van der Waals surface area contributed by atoms with Gasteiger partial charge in [-0.25, -0.2) is 8.42 Å². The highest BCUT2D eigenvalue weighted by atomic mass is 32.2. The quantitative estimate of drug-likeness (QED) is 0.778. The molecule has 2 amide bonds. The molecule has 0 spiro atoms. The number of aryl methyl sites for hydroxylation is 2. The molecule has 144 valence electrons. The Morgan fingerprint density at radius 1 is 1.04 bits per heavy atom. The second-order valence-corrected chi connectivity index (χ2v) is 9.20. The van der Waals surface area contributed by atoms with Gasteiger partial charge in [0.25, 0.3) is 5.91 Å². The maximum absolute atomic E-state index is 12.2. The van der Waals surface area contributed by atoms with Crippen LogP contribution in [-0.4, -0.2) is 36.3 Å². The van der Waals surface area contributed by atoms with Crippen molar-refractivity contribution in [2.75, 3.05) is 11.5 Å². The topological polar surface area (TPSA) is 97.3 Å². The highest BCUT2D eigenvalue weighted by Crippen LogP contribution is 2.21. The van der Waals surface area contributed by atoms with Crippen LogP contribution in [0.4, 0.5) is 0 Å². The van der Waals surface area contributed by atoms with Gasteiger partial charge in [0, 0.05) is 29.1 Å². The second-order valence-electron chi connectivity index (χ2n) is 6.97. The van der Waals surface area contributed by atoms with Crippen molar-refractivity contribution in [2.24, 2.45) is 5.92 Å². The molecule has 2 heterocycles. The summed E-state index contributed by atoms with van der Waals surface area (Å²) in [6, 6.07) is 11.1. The minimum Gasteiger partial charge on any atom is -0.319 e. The standard InChI is InChI=1S/C19H23N3O4S/c1-13-3-4-14(2)22(13)17-7-5-16(6-8-17)19(24)21-20-18(23)11-15-9-10-27(25,26)12-15/h3-8,15H,9-12H2,1-2H3,(H,20,23)(H,21,24). The van der Waals surface area contributed by atoms with Crippen LogP contribution < -0.4 is 10.9 Å². The van der Waals surface area contributed by atoms with Crippen LogP contribution in [0.1, 0.15) is 34.6 Å². The number of sulfone groups is 1. The molecule has 27 heavy (non-hydrogen) atoms. The number of amides is 2. The van der Waals surface area contributed by atoms with Gasteiger partial charge in [-0.05, 0) is 62.6 Å². The maximum atomic E-state index is 12.2. The smallest absolute Gasteiger partial charge is 0.269 e. The molecule has 0 saturated carbocycles. The normalized spacial score (nSPS) is 18.2. The molecule has 0 bridgehead atoms. The highest BCUT2D eigenvalue weighted by molar-refractivity contribution is 7.91. The van der Waals surface area contributed by atoms with E-state index >= 15 is 0 Å². The average Bonchev–Trinajstić information content (AvgIpc) is 3.14. The lowest BCUT2D eigenvalue weighted by Gasteiger charge is -2.12. The summed E-state index contributed by atoms with van der Waals surface area (Å²) in [6.07, 6.45) is 0.577. The molecule has 0 radical (unpaired) electrons. The van der Waals surface area contributed by atoms with E-state index in [9.17, 15) is 18.0 Å². The molecule has 1 unspecified atom stereocenters. The van der Waals surface area contributed by atoms with Gasteiger partial charge in [-0.2, -0.15) is 0 Å². The summed E-state index contributed by atoms with van der Waals surface area (Å²) in [7, 11) is -3.01. The third-order valence-corrected chi connectivity index (χ3v) is 6.61. The zero-order chi connectivity index (χ0) is 19.6. The lowest BCUT2D eigenvalue weighted by Crippen LogP contribution is -2.42. The maximum Gasteiger partial charge on any atom is 0.269 e. The molecular weight excluding hydrogens is 366 g/mol. The molecule has 1 aromatic heterocycles. The number of hydrogen-bond donors (Lipinski definition) is 2. The van der Waals surface area contributed by atoms with E-state index in [2.05, 4.69) is 15.4 Å². The molecule has 1 saturated heterocycles. The summed E-state index contributed by atoms with van der Waals surface area (Å²) in [5, 5.41) is 0. The fraction of sp³-hybridized carbons (Fsp3) is 0.368. The second kappa shape index (κ2) is 7.56. The Balaban J connectivity index is 1.55. The van der Waals surface area contributed by atoms with Crippen molar-refractivity contribution in [3.8, 4) is 5.69 Å². The Hall–Kier alpha value is -2.61. The minimum absolute atomic E-state index is 0.0358. The van der Waals surface area contributed by atoms with Crippen molar-refractivity contribution >= 4 is 21.7 Å². The first-order valence-electron chi connectivity index (χ1n) is 8.80. The van der Waals surface area contributed by atoms with E-state index in [0.29, 0.717) is 12.0 Å². The number of nitrogens with zero attached hydrogens (tertiary/aromatic N) is 1. The van der Waals surface area contributed by atoms with Gasteiger partial charge in [-0.3, -0.25) is 20.4 Å². The summed E-state index contributed by atoms with van der Waals surface area (Å²) in [5.41, 5.74) is 8.32. The van der Waals surface area contributed by atoms with E-state index < -0.39 is 15.7 Å². The van der Waals surface area contributed by atoms with Gasteiger partial charge in [0.2, 0.25) is 5.91 Å². The molecule has 2 N–H and O–H groups in total. The number of benzene rings is 1. The molecule has 2 aromatic rings. The monoisotopic (exact) mass is 389 g/mol. The van der Waals surface area contributed by atoms with Gasteiger partial charge < -0.3 is 4.57 Å². The number of aromatic nitrogens is 1. The lowest BCUT2D eigenvalue weighted by molar-refractivity contribution is -0.122. The van der Waals surface area contributed by atoms with Crippen molar-refractivity contribution in [3.63, 3.8) is 0 Å². The molecule has 7 nitrogen and oxygen atoms in total. The fourth-order valence-corrected chi connectivity index (χ4v) is 5.24. The Labute approximate surface area is 158 Å². The third-order valence-electron chi connectivity index (χ3n) is 4.78. The van der Waals surface area contributed by atoms with Gasteiger partial charge in [0.1, 0.15) is 0 Å². The minimum atomic E-state index is -3.01. The molecule has 1 aliphatic rings. The molecule has 1 aliphatic heterocycles. The third kappa shape index (κ3) is 4.57. The SMILES string of the molecule is Cc1ccc(C)n1-c1ccc(C(=O)NNC(=O)CC2CCS(=O)(=O)C2)cc1. The van der Waals surface area contributed by atoms with Gasteiger partial charge >= 0.3 is 0 Å². The first-order valence-corrected chi connectivity index (χ1v) is 10.6. The fourth-order valence-electron chi connectivity index (χ4n) is 3.38. The molecule has 0 aliphatic carbocycles. The summed E-state index contributed by atoms with van der Waals surface area (Å²) in [4.78, 5) is 24.1. The number of hydrogen-bond acceptors (Lipinski definition) is 4. The van der Waals surface area contributed by atoms with Gasteiger partial charge in [0.05, 0.1) is 11.5 Å². The zero-order valence-corrected chi connectivity index (χ0v) is 16.2. The Bertz CT molecular complexity index is 942. The summed E-state index contributed by atoms with van der Waals surface area (Å²) in [5.74, 6) is -0.826. The highest BCUT2D eigenvalue weighted by Gasteiger charge is 2.29. The Morgan fingerprint density at radius 3 is 2.22 bits per heavy atom. The Kier molecular flexibility index (Phi) is 5.36. The van der Waals surface area contributed by atoms with Crippen LogP contribution >= 0.6 is 0 Å². The summed E-state index contributed by atoms with van der Waals surface area (Å²) < 4.78 is 24.9. The van der Waals surface area contributed by atoms with Crippen LogP contribution in [0.15, 0.2) is 36.4 Å². The van der Waals surface area contributed by atoms with Gasteiger partial charge in [-0.1, -0.05) is 0 Å². The van der Waals surface area contributed by atoms with Gasteiger partial charge in [0.15, 0.2) is 9.84 Å². The van der Waals surface area contributed by atoms with E-state index in [-0.39, 0.29) is 29.8 Å². The molecule has 1 fully saturated rings. The van der Waals surface area contributed by atoms with Crippen LogP contribution in [0, 0.1) is 19.8 Å². The number of nitrogens with one attached hydrogen (secondary N) is 2. The van der Waals surface area contributed by atoms with Crippen LogP contribution in [0.25, 0.3) is 5.69 Å². The molecule has 1 atom stereocenters. The van der Waals surface area contributed by atoms with Gasteiger partial charge in [-0.15, -0.1) is 0 Å². The predicted molar refractivity (Wildman–Crippen MR) is 102 cm³/mol. The van der Waals surface area contributed by atoms with Crippen LogP contribution in [0.2, 0.25) is 0 Å². The van der Waals surface area contributed by atoms with E-state index in [0.717, 1.165) is 17.1 Å².